The van der Waals surface area contributed by atoms with Crippen LogP contribution >= 0.6 is 11.6 Å². The SMILES string of the molecule is CC(C)(C)NC(=O)COc1ccc(Cl)c(F)c1. The van der Waals surface area contributed by atoms with E-state index in [1.165, 1.54) is 12.1 Å². The molecule has 1 N–H and O–H groups in total. The van der Waals surface area contributed by atoms with Crippen LogP contribution in [0.2, 0.25) is 5.02 Å². The van der Waals surface area contributed by atoms with Gasteiger partial charge in [-0.15, -0.1) is 0 Å². The van der Waals surface area contributed by atoms with E-state index in [1.54, 1.807) is 0 Å². The Morgan fingerprint density at radius 1 is 1.47 bits per heavy atom. The zero-order valence-corrected chi connectivity index (χ0v) is 10.8. The topological polar surface area (TPSA) is 38.3 Å². The molecule has 0 saturated heterocycles. The second-order valence-electron chi connectivity index (χ2n) is 4.66. The van der Waals surface area contributed by atoms with Crippen molar-refractivity contribution in [3.05, 3.63) is 29.0 Å². The maximum Gasteiger partial charge on any atom is 0.258 e. The molecule has 3 nitrogen and oxygen atoms in total. The van der Waals surface area contributed by atoms with E-state index >= 15 is 0 Å². The number of ether oxygens (including phenoxy) is 1. The molecule has 0 aromatic heterocycles. The van der Waals surface area contributed by atoms with Crippen LogP contribution in [0.15, 0.2) is 18.2 Å². The zero-order chi connectivity index (χ0) is 13.1. The predicted octanol–water partition coefficient (Wildman–Crippen LogP) is 2.77. The molecule has 0 heterocycles. The molecule has 1 aromatic rings. The molecule has 17 heavy (non-hydrogen) atoms. The number of benzene rings is 1. The van der Waals surface area contributed by atoms with Crippen LogP contribution < -0.4 is 10.1 Å². The number of carbonyl (C=O) groups excluding carboxylic acids is 1. The third-order valence-electron chi connectivity index (χ3n) is 1.78. The van der Waals surface area contributed by atoms with Crippen LogP contribution in [0.3, 0.4) is 0 Å². The fraction of sp³-hybridized carbons (Fsp3) is 0.417. The molecule has 0 aliphatic heterocycles. The molecule has 1 aromatic carbocycles. The third-order valence-corrected chi connectivity index (χ3v) is 2.08. The first-order valence-corrected chi connectivity index (χ1v) is 5.54. The summed E-state index contributed by atoms with van der Waals surface area (Å²) >= 11 is 5.52. The van der Waals surface area contributed by atoms with Gasteiger partial charge in [-0.1, -0.05) is 11.6 Å². The van der Waals surface area contributed by atoms with Crippen molar-refractivity contribution in [1.29, 1.82) is 0 Å². The van der Waals surface area contributed by atoms with E-state index in [4.69, 9.17) is 16.3 Å². The lowest BCUT2D eigenvalue weighted by Gasteiger charge is -2.20. The third kappa shape index (κ3) is 5.04. The quantitative estimate of drug-likeness (QED) is 0.907. The van der Waals surface area contributed by atoms with Gasteiger partial charge in [0.2, 0.25) is 0 Å². The average molecular weight is 260 g/mol. The molecule has 0 aliphatic rings. The Morgan fingerprint density at radius 3 is 2.65 bits per heavy atom. The maximum absolute atomic E-state index is 13.1. The van der Waals surface area contributed by atoms with Crippen molar-refractivity contribution in [2.45, 2.75) is 26.3 Å². The van der Waals surface area contributed by atoms with E-state index in [9.17, 15) is 9.18 Å². The van der Waals surface area contributed by atoms with E-state index < -0.39 is 5.82 Å². The van der Waals surface area contributed by atoms with Crippen LogP contribution in [-0.2, 0) is 4.79 Å². The number of halogens is 2. The van der Waals surface area contributed by atoms with Crippen molar-refractivity contribution in [2.75, 3.05) is 6.61 Å². The molecule has 0 spiro atoms. The molecule has 0 unspecified atom stereocenters. The van der Waals surface area contributed by atoms with Gasteiger partial charge in [-0.3, -0.25) is 4.79 Å². The molecular weight excluding hydrogens is 245 g/mol. The predicted molar refractivity (Wildman–Crippen MR) is 64.8 cm³/mol. The summed E-state index contributed by atoms with van der Waals surface area (Å²) in [6.07, 6.45) is 0. The van der Waals surface area contributed by atoms with Crippen molar-refractivity contribution in [3.63, 3.8) is 0 Å². The van der Waals surface area contributed by atoms with Crippen LogP contribution in [0.4, 0.5) is 4.39 Å². The summed E-state index contributed by atoms with van der Waals surface area (Å²) in [5.74, 6) is -0.552. The van der Waals surface area contributed by atoms with Crippen LogP contribution in [0.1, 0.15) is 20.8 Å². The number of rotatable bonds is 3. The average Bonchev–Trinajstić information content (AvgIpc) is 2.17. The molecule has 0 saturated carbocycles. The lowest BCUT2D eigenvalue weighted by molar-refractivity contribution is -0.124. The molecule has 0 atom stereocenters. The van der Waals surface area contributed by atoms with Crippen molar-refractivity contribution < 1.29 is 13.9 Å². The van der Waals surface area contributed by atoms with E-state index in [1.807, 2.05) is 20.8 Å². The van der Waals surface area contributed by atoms with E-state index in [2.05, 4.69) is 5.32 Å². The fourth-order valence-corrected chi connectivity index (χ4v) is 1.29. The number of carbonyl (C=O) groups is 1. The molecule has 0 fully saturated rings. The highest BCUT2D eigenvalue weighted by Gasteiger charge is 2.14. The molecular formula is C12H15ClFNO2. The normalized spacial score (nSPS) is 11.1. The van der Waals surface area contributed by atoms with Gasteiger partial charge in [0.05, 0.1) is 5.02 Å². The lowest BCUT2D eigenvalue weighted by atomic mass is 10.1. The van der Waals surface area contributed by atoms with Gasteiger partial charge in [0.25, 0.3) is 5.91 Å². The lowest BCUT2D eigenvalue weighted by Crippen LogP contribution is -2.43. The Kier molecular flexibility index (Phi) is 4.34. The summed E-state index contributed by atoms with van der Waals surface area (Å²) in [6, 6.07) is 4.04. The monoisotopic (exact) mass is 259 g/mol. The second kappa shape index (κ2) is 5.36. The minimum Gasteiger partial charge on any atom is -0.484 e. The highest BCUT2D eigenvalue weighted by atomic mass is 35.5. The molecule has 1 amide bonds. The van der Waals surface area contributed by atoms with Gasteiger partial charge in [-0.25, -0.2) is 4.39 Å². The first-order valence-electron chi connectivity index (χ1n) is 5.17. The Labute approximate surface area is 105 Å². The Hall–Kier alpha value is -1.29. The second-order valence-corrected chi connectivity index (χ2v) is 5.07. The first kappa shape index (κ1) is 13.8. The highest BCUT2D eigenvalue weighted by Crippen LogP contribution is 2.20. The Balaban J connectivity index is 2.50. The maximum atomic E-state index is 13.1. The number of nitrogens with one attached hydrogen (secondary N) is 1. The van der Waals surface area contributed by atoms with Gasteiger partial charge in [0, 0.05) is 11.6 Å². The van der Waals surface area contributed by atoms with Crippen molar-refractivity contribution >= 4 is 17.5 Å². The summed E-state index contributed by atoms with van der Waals surface area (Å²) in [5.41, 5.74) is -0.314. The number of amides is 1. The van der Waals surface area contributed by atoms with Gasteiger partial charge in [0.15, 0.2) is 6.61 Å². The van der Waals surface area contributed by atoms with Crippen LogP contribution in [0.25, 0.3) is 0 Å². The molecule has 5 heteroatoms. The zero-order valence-electron chi connectivity index (χ0n) is 10.0. The summed E-state index contributed by atoms with van der Waals surface area (Å²) in [4.78, 5) is 11.4. The summed E-state index contributed by atoms with van der Waals surface area (Å²) < 4.78 is 18.2. The Morgan fingerprint density at radius 2 is 2.12 bits per heavy atom. The number of hydrogen-bond donors (Lipinski definition) is 1. The Bertz CT molecular complexity index is 415. The minimum absolute atomic E-state index is 0.0245. The largest absolute Gasteiger partial charge is 0.484 e. The molecule has 94 valence electrons. The van der Waals surface area contributed by atoms with E-state index in [0.717, 1.165) is 6.07 Å². The van der Waals surface area contributed by atoms with Gasteiger partial charge in [-0.05, 0) is 32.9 Å². The molecule has 0 bridgehead atoms. The van der Waals surface area contributed by atoms with Crippen molar-refractivity contribution in [2.24, 2.45) is 0 Å². The van der Waals surface area contributed by atoms with Crippen LogP contribution in [0, 0.1) is 5.82 Å². The van der Waals surface area contributed by atoms with Crippen molar-refractivity contribution in [1.82, 2.24) is 5.32 Å². The molecule has 0 aliphatic carbocycles. The summed E-state index contributed by atoms with van der Waals surface area (Å²) in [5, 5.41) is 2.76. The molecule has 0 radical (unpaired) electrons. The summed E-state index contributed by atoms with van der Waals surface area (Å²) in [6.45, 7) is 5.45. The van der Waals surface area contributed by atoms with Crippen LogP contribution in [-0.4, -0.2) is 18.1 Å². The van der Waals surface area contributed by atoms with Gasteiger partial charge >= 0.3 is 0 Å². The standard InChI is InChI=1S/C12H15ClFNO2/c1-12(2,3)15-11(16)7-17-8-4-5-9(13)10(14)6-8/h4-6H,7H2,1-3H3,(H,15,16). The fourth-order valence-electron chi connectivity index (χ4n) is 1.17. The van der Waals surface area contributed by atoms with Gasteiger partial charge < -0.3 is 10.1 Å². The minimum atomic E-state index is -0.569. The van der Waals surface area contributed by atoms with Gasteiger partial charge in [-0.2, -0.15) is 0 Å². The number of hydrogen-bond acceptors (Lipinski definition) is 2. The van der Waals surface area contributed by atoms with Crippen LogP contribution in [0.5, 0.6) is 5.75 Å². The van der Waals surface area contributed by atoms with E-state index in [0.29, 0.717) is 0 Å². The molecule has 1 rings (SSSR count). The van der Waals surface area contributed by atoms with Gasteiger partial charge in [0.1, 0.15) is 11.6 Å². The van der Waals surface area contributed by atoms with E-state index in [-0.39, 0.29) is 28.8 Å². The first-order chi connectivity index (χ1) is 7.78. The smallest absolute Gasteiger partial charge is 0.258 e. The summed E-state index contributed by atoms with van der Waals surface area (Å²) in [7, 11) is 0. The van der Waals surface area contributed by atoms with Crippen molar-refractivity contribution in [3.8, 4) is 5.75 Å². The highest BCUT2D eigenvalue weighted by molar-refractivity contribution is 6.30.